The summed E-state index contributed by atoms with van der Waals surface area (Å²) in [5, 5.41) is 0. The predicted octanol–water partition coefficient (Wildman–Crippen LogP) is 2.93. The van der Waals surface area contributed by atoms with E-state index < -0.39 is 23.2 Å². The molecule has 0 heterocycles. The standard InChI is InChI=1S/C14H10F3NO2/c1-20-7-2-3-8(10(15)4-7)14(19)9-5-11(16)12(17)6-13(9)18/h2-6H,18H2,1H3. The predicted molar refractivity (Wildman–Crippen MR) is 67.2 cm³/mol. The van der Waals surface area contributed by atoms with E-state index in [2.05, 4.69) is 0 Å². The Labute approximate surface area is 112 Å². The lowest BCUT2D eigenvalue weighted by Crippen LogP contribution is -2.09. The van der Waals surface area contributed by atoms with Crippen molar-refractivity contribution in [3.05, 3.63) is 58.9 Å². The van der Waals surface area contributed by atoms with Crippen molar-refractivity contribution in [3.63, 3.8) is 0 Å². The molecule has 0 amide bonds. The third-order valence-electron chi connectivity index (χ3n) is 2.76. The highest BCUT2D eigenvalue weighted by atomic mass is 19.2. The summed E-state index contributed by atoms with van der Waals surface area (Å²) in [6.07, 6.45) is 0. The molecule has 2 aromatic rings. The number of ether oxygens (including phenoxy) is 1. The Morgan fingerprint density at radius 2 is 1.65 bits per heavy atom. The average Bonchev–Trinajstić information content (AvgIpc) is 2.42. The van der Waals surface area contributed by atoms with E-state index in [1.165, 1.54) is 19.2 Å². The number of ketones is 1. The number of methoxy groups -OCH3 is 1. The molecular formula is C14H10F3NO2. The van der Waals surface area contributed by atoms with Crippen molar-refractivity contribution in [1.82, 2.24) is 0 Å². The van der Waals surface area contributed by atoms with Gasteiger partial charge in [-0.15, -0.1) is 0 Å². The van der Waals surface area contributed by atoms with Crippen LogP contribution < -0.4 is 10.5 Å². The van der Waals surface area contributed by atoms with Gasteiger partial charge in [0.2, 0.25) is 0 Å². The van der Waals surface area contributed by atoms with Crippen molar-refractivity contribution in [3.8, 4) is 5.75 Å². The maximum absolute atomic E-state index is 13.8. The molecule has 0 fully saturated rings. The Bertz CT molecular complexity index is 686. The number of nitrogens with two attached hydrogens (primary N) is 1. The van der Waals surface area contributed by atoms with Gasteiger partial charge in [-0.2, -0.15) is 0 Å². The molecule has 0 unspecified atom stereocenters. The Kier molecular flexibility index (Phi) is 3.65. The monoisotopic (exact) mass is 281 g/mol. The molecule has 0 aliphatic rings. The summed E-state index contributed by atoms with van der Waals surface area (Å²) in [4.78, 5) is 12.1. The van der Waals surface area contributed by atoms with Crippen LogP contribution in [-0.2, 0) is 0 Å². The van der Waals surface area contributed by atoms with Gasteiger partial charge in [-0.1, -0.05) is 0 Å². The normalized spacial score (nSPS) is 10.4. The highest BCUT2D eigenvalue weighted by Gasteiger charge is 2.19. The van der Waals surface area contributed by atoms with Gasteiger partial charge in [0, 0.05) is 23.4 Å². The van der Waals surface area contributed by atoms with E-state index in [1.54, 1.807) is 0 Å². The SMILES string of the molecule is COc1ccc(C(=O)c2cc(F)c(F)cc2N)c(F)c1. The quantitative estimate of drug-likeness (QED) is 0.695. The van der Waals surface area contributed by atoms with Crippen LogP contribution in [0.1, 0.15) is 15.9 Å². The van der Waals surface area contributed by atoms with Gasteiger partial charge in [0.1, 0.15) is 11.6 Å². The molecule has 0 aliphatic heterocycles. The second-order valence-corrected chi connectivity index (χ2v) is 4.03. The number of carbonyl (C=O) groups is 1. The Balaban J connectivity index is 2.49. The van der Waals surface area contributed by atoms with E-state index in [4.69, 9.17) is 10.5 Å². The largest absolute Gasteiger partial charge is 0.497 e. The first-order valence-corrected chi connectivity index (χ1v) is 5.56. The highest BCUT2D eigenvalue weighted by Crippen LogP contribution is 2.23. The van der Waals surface area contributed by atoms with Crippen LogP contribution in [0.15, 0.2) is 30.3 Å². The number of rotatable bonds is 3. The van der Waals surface area contributed by atoms with Crippen LogP contribution >= 0.6 is 0 Å². The molecule has 0 aromatic heterocycles. The van der Waals surface area contributed by atoms with Crippen molar-refractivity contribution in [2.45, 2.75) is 0 Å². The van der Waals surface area contributed by atoms with Crippen LogP contribution in [0.25, 0.3) is 0 Å². The molecule has 0 bridgehead atoms. The number of nitrogen functional groups attached to an aromatic ring is 1. The van der Waals surface area contributed by atoms with Crippen LogP contribution in [0.3, 0.4) is 0 Å². The molecule has 0 radical (unpaired) electrons. The van der Waals surface area contributed by atoms with E-state index in [9.17, 15) is 18.0 Å². The molecule has 2 N–H and O–H groups in total. The molecule has 0 aliphatic carbocycles. The van der Waals surface area contributed by atoms with Crippen molar-refractivity contribution in [2.75, 3.05) is 12.8 Å². The van der Waals surface area contributed by atoms with Crippen LogP contribution in [0, 0.1) is 17.5 Å². The third-order valence-corrected chi connectivity index (χ3v) is 2.76. The average molecular weight is 281 g/mol. The molecule has 0 spiro atoms. The second kappa shape index (κ2) is 5.24. The maximum Gasteiger partial charge on any atom is 0.198 e. The molecule has 2 aromatic carbocycles. The van der Waals surface area contributed by atoms with Crippen LogP contribution in [0.2, 0.25) is 0 Å². The molecule has 3 nitrogen and oxygen atoms in total. The lowest BCUT2D eigenvalue weighted by molar-refractivity contribution is 0.103. The minimum absolute atomic E-state index is 0.234. The van der Waals surface area contributed by atoms with Gasteiger partial charge < -0.3 is 10.5 Å². The summed E-state index contributed by atoms with van der Waals surface area (Å²) < 4.78 is 44.7. The lowest BCUT2D eigenvalue weighted by atomic mass is 10.0. The zero-order chi connectivity index (χ0) is 14.9. The van der Waals surface area contributed by atoms with Crippen molar-refractivity contribution in [1.29, 1.82) is 0 Å². The molecule has 2 rings (SSSR count). The molecular weight excluding hydrogens is 271 g/mol. The first-order chi connectivity index (χ1) is 9.43. The molecule has 0 saturated carbocycles. The summed E-state index contributed by atoms with van der Waals surface area (Å²) in [7, 11) is 1.35. The maximum atomic E-state index is 13.8. The fourth-order valence-electron chi connectivity index (χ4n) is 1.71. The molecule has 0 saturated heterocycles. The second-order valence-electron chi connectivity index (χ2n) is 4.03. The molecule has 6 heteroatoms. The molecule has 104 valence electrons. The van der Waals surface area contributed by atoms with Gasteiger partial charge in [0.05, 0.1) is 12.7 Å². The summed E-state index contributed by atoms with van der Waals surface area (Å²) >= 11 is 0. The van der Waals surface area contributed by atoms with Crippen molar-refractivity contribution in [2.24, 2.45) is 0 Å². The van der Waals surface area contributed by atoms with Gasteiger partial charge in [-0.05, 0) is 18.2 Å². The van der Waals surface area contributed by atoms with Gasteiger partial charge in [-0.25, -0.2) is 13.2 Å². The summed E-state index contributed by atoms with van der Waals surface area (Å²) in [6, 6.07) is 4.92. The van der Waals surface area contributed by atoms with Gasteiger partial charge in [0.15, 0.2) is 17.4 Å². The molecule has 20 heavy (non-hydrogen) atoms. The van der Waals surface area contributed by atoms with Crippen molar-refractivity contribution >= 4 is 11.5 Å². The lowest BCUT2D eigenvalue weighted by Gasteiger charge is -2.08. The third kappa shape index (κ3) is 2.45. The summed E-state index contributed by atoms with van der Waals surface area (Å²) in [6.45, 7) is 0. The Hall–Kier alpha value is -2.50. The number of halogens is 3. The fourth-order valence-corrected chi connectivity index (χ4v) is 1.71. The smallest absolute Gasteiger partial charge is 0.198 e. The minimum atomic E-state index is -1.23. The highest BCUT2D eigenvalue weighted by molar-refractivity contribution is 6.12. The van der Waals surface area contributed by atoms with E-state index >= 15 is 0 Å². The van der Waals surface area contributed by atoms with Crippen LogP contribution in [-0.4, -0.2) is 12.9 Å². The van der Waals surface area contributed by atoms with E-state index in [-0.39, 0.29) is 22.6 Å². The van der Waals surface area contributed by atoms with E-state index in [1.807, 2.05) is 0 Å². The van der Waals surface area contributed by atoms with Crippen molar-refractivity contribution < 1.29 is 22.7 Å². The summed E-state index contributed by atoms with van der Waals surface area (Å²) in [5.41, 5.74) is 4.60. The Morgan fingerprint density at radius 3 is 2.25 bits per heavy atom. The van der Waals surface area contributed by atoms with Gasteiger partial charge in [-0.3, -0.25) is 4.79 Å². The number of hydrogen-bond acceptors (Lipinski definition) is 3. The topological polar surface area (TPSA) is 52.3 Å². The van der Waals surface area contributed by atoms with E-state index in [0.717, 1.165) is 6.07 Å². The number of anilines is 1. The summed E-state index contributed by atoms with van der Waals surface area (Å²) in [5.74, 6) is -3.83. The molecule has 0 atom stereocenters. The van der Waals surface area contributed by atoms with Crippen LogP contribution in [0.5, 0.6) is 5.75 Å². The van der Waals surface area contributed by atoms with Crippen LogP contribution in [0.4, 0.5) is 18.9 Å². The number of hydrogen-bond donors (Lipinski definition) is 1. The zero-order valence-corrected chi connectivity index (χ0v) is 10.4. The minimum Gasteiger partial charge on any atom is -0.497 e. The first kappa shape index (κ1) is 13.9. The fraction of sp³-hybridized carbons (Fsp3) is 0.0714. The Morgan fingerprint density at radius 1 is 1.00 bits per heavy atom. The number of benzene rings is 2. The van der Waals surface area contributed by atoms with Gasteiger partial charge >= 0.3 is 0 Å². The first-order valence-electron chi connectivity index (χ1n) is 5.56. The zero-order valence-electron chi connectivity index (χ0n) is 10.4. The van der Waals surface area contributed by atoms with E-state index in [0.29, 0.717) is 12.1 Å². The van der Waals surface area contributed by atoms with Gasteiger partial charge in [0.25, 0.3) is 0 Å². The number of carbonyl (C=O) groups excluding carboxylic acids is 1.